The molecule has 0 amide bonds. The van der Waals surface area contributed by atoms with Crippen LogP contribution in [0, 0.1) is 0 Å². The highest BCUT2D eigenvalue weighted by Crippen LogP contribution is 2.33. The van der Waals surface area contributed by atoms with Crippen LogP contribution in [0.2, 0.25) is 0 Å². The molecule has 0 spiro atoms. The number of benzene rings is 2. The number of esters is 1. The molecule has 1 unspecified atom stereocenters. The topological polar surface area (TPSA) is 52.3 Å². The van der Waals surface area contributed by atoms with Crippen molar-refractivity contribution in [3.05, 3.63) is 58.6 Å². The SMILES string of the molecule is COC(=O)C(CSc1ccc(N)cc1Br)c1ccccc1. The lowest BCUT2D eigenvalue weighted by molar-refractivity contribution is -0.141. The number of thioether (sulfide) groups is 1. The summed E-state index contributed by atoms with van der Waals surface area (Å²) in [4.78, 5) is 13.1. The maximum atomic E-state index is 12.0. The molecule has 5 heteroatoms. The minimum atomic E-state index is -0.286. The number of ether oxygens (including phenoxy) is 1. The summed E-state index contributed by atoms with van der Waals surface area (Å²) in [5.74, 6) is 0.102. The number of nitrogen functional groups attached to an aromatic ring is 1. The molecule has 0 saturated heterocycles. The molecular weight excluding hydrogens is 350 g/mol. The van der Waals surface area contributed by atoms with Crippen LogP contribution in [0.15, 0.2) is 57.9 Å². The van der Waals surface area contributed by atoms with E-state index in [2.05, 4.69) is 15.9 Å². The Labute approximate surface area is 137 Å². The molecule has 0 radical (unpaired) electrons. The van der Waals surface area contributed by atoms with Crippen LogP contribution >= 0.6 is 27.7 Å². The molecule has 0 fully saturated rings. The summed E-state index contributed by atoms with van der Waals surface area (Å²) < 4.78 is 5.85. The summed E-state index contributed by atoms with van der Waals surface area (Å²) in [6.45, 7) is 0. The molecule has 1 atom stereocenters. The lowest BCUT2D eigenvalue weighted by atomic mass is 10.0. The van der Waals surface area contributed by atoms with Gasteiger partial charge in [-0.1, -0.05) is 30.3 Å². The maximum Gasteiger partial charge on any atom is 0.313 e. The molecule has 0 aliphatic heterocycles. The number of hydrogen-bond donors (Lipinski definition) is 1. The summed E-state index contributed by atoms with van der Waals surface area (Å²) in [6, 6.07) is 15.3. The first-order valence-corrected chi connectivity index (χ1v) is 8.20. The fraction of sp³-hybridized carbons (Fsp3) is 0.188. The molecule has 21 heavy (non-hydrogen) atoms. The van der Waals surface area contributed by atoms with Gasteiger partial charge in [-0.3, -0.25) is 4.79 Å². The van der Waals surface area contributed by atoms with Crippen LogP contribution < -0.4 is 5.73 Å². The first kappa shape index (κ1) is 15.9. The van der Waals surface area contributed by atoms with Crippen LogP contribution in [0.1, 0.15) is 11.5 Å². The van der Waals surface area contributed by atoms with Gasteiger partial charge in [0.1, 0.15) is 0 Å². The molecule has 0 aliphatic rings. The predicted octanol–water partition coefficient (Wildman–Crippen LogP) is 4.08. The molecule has 2 aromatic carbocycles. The molecule has 0 aromatic heterocycles. The van der Waals surface area contributed by atoms with Crippen molar-refractivity contribution in [2.24, 2.45) is 0 Å². The van der Waals surface area contributed by atoms with Crippen molar-refractivity contribution in [1.82, 2.24) is 0 Å². The number of nitrogens with two attached hydrogens (primary N) is 1. The van der Waals surface area contributed by atoms with Gasteiger partial charge < -0.3 is 10.5 Å². The van der Waals surface area contributed by atoms with Gasteiger partial charge in [0.05, 0.1) is 13.0 Å². The minimum absolute atomic E-state index is 0.222. The number of carbonyl (C=O) groups excluding carboxylic acids is 1. The number of hydrogen-bond acceptors (Lipinski definition) is 4. The Hall–Kier alpha value is -1.46. The lowest BCUT2D eigenvalue weighted by Crippen LogP contribution is -2.16. The van der Waals surface area contributed by atoms with E-state index in [0.29, 0.717) is 11.4 Å². The highest BCUT2D eigenvalue weighted by atomic mass is 79.9. The molecular formula is C16H16BrNO2S. The number of carbonyl (C=O) groups is 1. The van der Waals surface area contributed by atoms with Gasteiger partial charge in [0.15, 0.2) is 0 Å². The molecule has 0 saturated carbocycles. The zero-order valence-electron chi connectivity index (χ0n) is 11.6. The van der Waals surface area contributed by atoms with Gasteiger partial charge in [-0.15, -0.1) is 11.8 Å². The van der Waals surface area contributed by atoms with E-state index in [9.17, 15) is 4.79 Å². The summed E-state index contributed by atoms with van der Waals surface area (Å²) in [6.07, 6.45) is 0. The monoisotopic (exact) mass is 365 g/mol. The van der Waals surface area contributed by atoms with Gasteiger partial charge in [-0.2, -0.15) is 0 Å². The molecule has 110 valence electrons. The third kappa shape index (κ3) is 4.25. The first-order chi connectivity index (χ1) is 10.1. The van der Waals surface area contributed by atoms with E-state index in [1.807, 2.05) is 48.5 Å². The molecule has 0 aliphatic carbocycles. The lowest BCUT2D eigenvalue weighted by Gasteiger charge is -2.15. The normalized spacial score (nSPS) is 11.9. The molecule has 2 aromatic rings. The van der Waals surface area contributed by atoms with Crippen molar-refractivity contribution in [1.29, 1.82) is 0 Å². The number of methoxy groups -OCH3 is 1. The summed E-state index contributed by atoms with van der Waals surface area (Å²) in [5, 5.41) is 0. The van der Waals surface area contributed by atoms with Crippen molar-refractivity contribution in [3.8, 4) is 0 Å². The van der Waals surface area contributed by atoms with E-state index in [1.54, 1.807) is 11.8 Å². The maximum absolute atomic E-state index is 12.0. The van der Waals surface area contributed by atoms with Gasteiger partial charge in [0, 0.05) is 20.8 Å². The van der Waals surface area contributed by atoms with Crippen LogP contribution in [-0.2, 0) is 9.53 Å². The fourth-order valence-electron chi connectivity index (χ4n) is 1.94. The molecule has 3 nitrogen and oxygen atoms in total. The molecule has 2 rings (SSSR count). The van der Waals surface area contributed by atoms with E-state index >= 15 is 0 Å². The minimum Gasteiger partial charge on any atom is -0.469 e. The van der Waals surface area contributed by atoms with Crippen LogP contribution in [0.3, 0.4) is 0 Å². The van der Waals surface area contributed by atoms with Crippen molar-refractivity contribution < 1.29 is 9.53 Å². The van der Waals surface area contributed by atoms with Crippen molar-refractivity contribution >= 4 is 39.3 Å². The Morgan fingerprint density at radius 2 is 2.00 bits per heavy atom. The summed E-state index contributed by atoms with van der Waals surface area (Å²) in [7, 11) is 1.42. The molecule has 2 N–H and O–H groups in total. The molecule has 0 bridgehead atoms. The van der Waals surface area contributed by atoms with Crippen molar-refractivity contribution in [2.45, 2.75) is 10.8 Å². The highest BCUT2D eigenvalue weighted by molar-refractivity contribution is 9.10. The Morgan fingerprint density at radius 3 is 2.62 bits per heavy atom. The quantitative estimate of drug-likeness (QED) is 0.492. The van der Waals surface area contributed by atoms with Gasteiger partial charge >= 0.3 is 5.97 Å². The van der Waals surface area contributed by atoms with E-state index < -0.39 is 0 Å². The second-order valence-electron chi connectivity index (χ2n) is 4.49. The van der Waals surface area contributed by atoms with Crippen LogP contribution in [0.4, 0.5) is 5.69 Å². The van der Waals surface area contributed by atoms with Crippen LogP contribution in [0.5, 0.6) is 0 Å². The zero-order valence-corrected chi connectivity index (χ0v) is 14.0. The number of rotatable bonds is 5. The smallest absolute Gasteiger partial charge is 0.313 e. The second-order valence-corrected chi connectivity index (χ2v) is 6.40. The van der Waals surface area contributed by atoms with Crippen LogP contribution in [0.25, 0.3) is 0 Å². The summed E-state index contributed by atoms with van der Waals surface area (Å²) in [5.41, 5.74) is 7.40. The molecule has 0 heterocycles. The standard InChI is InChI=1S/C16H16BrNO2S/c1-20-16(19)13(11-5-3-2-4-6-11)10-21-15-8-7-12(18)9-14(15)17/h2-9,13H,10,18H2,1H3. The van der Waals surface area contributed by atoms with Gasteiger partial charge in [0.25, 0.3) is 0 Å². The van der Waals surface area contributed by atoms with Gasteiger partial charge in [0.2, 0.25) is 0 Å². The van der Waals surface area contributed by atoms with Gasteiger partial charge in [-0.05, 0) is 39.7 Å². The second kappa shape index (κ2) is 7.52. The Morgan fingerprint density at radius 1 is 1.29 bits per heavy atom. The van der Waals surface area contributed by atoms with E-state index in [1.165, 1.54) is 7.11 Å². The van der Waals surface area contributed by atoms with E-state index in [-0.39, 0.29) is 11.9 Å². The Kier molecular flexibility index (Phi) is 5.70. The average molecular weight is 366 g/mol. The number of anilines is 1. The van der Waals surface area contributed by atoms with E-state index in [0.717, 1.165) is 14.9 Å². The Bertz CT molecular complexity index is 619. The first-order valence-electron chi connectivity index (χ1n) is 6.42. The van der Waals surface area contributed by atoms with Crippen LogP contribution in [-0.4, -0.2) is 18.8 Å². The zero-order chi connectivity index (χ0) is 15.2. The third-order valence-electron chi connectivity index (χ3n) is 3.05. The average Bonchev–Trinajstić information content (AvgIpc) is 2.50. The van der Waals surface area contributed by atoms with Crippen molar-refractivity contribution in [2.75, 3.05) is 18.6 Å². The van der Waals surface area contributed by atoms with Gasteiger partial charge in [-0.25, -0.2) is 0 Å². The highest BCUT2D eigenvalue weighted by Gasteiger charge is 2.21. The predicted molar refractivity (Wildman–Crippen MR) is 90.5 cm³/mol. The Balaban J connectivity index is 2.15. The number of halogens is 1. The fourth-order valence-corrected chi connectivity index (χ4v) is 3.71. The third-order valence-corrected chi connectivity index (χ3v) is 5.13. The van der Waals surface area contributed by atoms with E-state index in [4.69, 9.17) is 10.5 Å². The van der Waals surface area contributed by atoms with Crippen molar-refractivity contribution in [3.63, 3.8) is 0 Å². The largest absolute Gasteiger partial charge is 0.469 e. The summed E-state index contributed by atoms with van der Waals surface area (Å²) >= 11 is 5.09.